The zero-order chi connectivity index (χ0) is 17.6. The number of methoxy groups -OCH3 is 2. The molecule has 0 saturated carbocycles. The average Bonchev–Trinajstić information content (AvgIpc) is 2.54. The van der Waals surface area contributed by atoms with Gasteiger partial charge in [-0.2, -0.15) is 0 Å². The topological polar surface area (TPSA) is 111 Å². The molecule has 0 radical (unpaired) electrons. The Bertz CT molecular complexity index is 745. The highest BCUT2D eigenvalue weighted by molar-refractivity contribution is 7.89. The molecule has 0 aliphatic heterocycles. The van der Waals surface area contributed by atoms with Gasteiger partial charge in [0.05, 0.1) is 20.3 Å². The Morgan fingerprint density at radius 3 is 2.39 bits per heavy atom. The van der Waals surface area contributed by atoms with Crippen LogP contribution in [0.2, 0.25) is 0 Å². The monoisotopic (exact) mass is 346 g/mol. The minimum Gasteiger partial charge on any atom is -0.466 e. The Morgan fingerprint density at radius 1 is 1.22 bits per heavy atom. The van der Waals surface area contributed by atoms with E-state index in [2.05, 4.69) is 14.8 Å². The van der Waals surface area contributed by atoms with Crippen LogP contribution in [0, 0.1) is 5.82 Å². The maximum absolute atomic E-state index is 13.7. The number of hydrogen-bond donors (Lipinski definition) is 2. The molecule has 10 heteroatoms. The predicted molar refractivity (Wildman–Crippen MR) is 78.4 cm³/mol. The van der Waals surface area contributed by atoms with Gasteiger partial charge < -0.3 is 14.8 Å². The largest absolute Gasteiger partial charge is 0.466 e. The van der Waals surface area contributed by atoms with Crippen LogP contribution in [-0.2, 0) is 29.1 Å². The van der Waals surface area contributed by atoms with Crippen molar-refractivity contribution in [3.8, 4) is 0 Å². The molecule has 0 bridgehead atoms. The number of hydrogen-bond acceptors (Lipinski definition) is 7. The maximum Gasteiger partial charge on any atom is 0.354 e. The quantitative estimate of drug-likeness (QED) is 0.566. The fraction of sp³-hybridized carbons (Fsp3) is 0.231. The summed E-state index contributed by atoms with van der Waals surface area (Å²) >= 11 is 0. The molecule has 0 fully saturated rings. The minimum atomic E-state index is -4.03. The van der Waals surface area contributed by atoms with Crippen LogP contribution in [-0.4, -0.2) is 41.6 Å². The summed E-state index contributed by atoms with van der Waals surface area (Å²) in [5.74, 6) is -2.69. The number of halogens is 1. The van der Waals surface area contributed by atoms with E-state index in [-0.39, 0.29) is 11.4 Å². The zero-order valence-corrected chi connectivity index (χ0v) is 13.4. The second-order valence-electron chi connectivity index (χ2n) is 4.05. The van der Waals surface area contributed by atoms with E-state index in [4.69, 9.17) is 0 Å². The molecule has 0 aliphatic carbocycles. The summed E-state index contributed by atoms with van der Waals surface area (Å²) < 4.78 is 47.9. The number of esters is 2. The van der Waals surface area contributed by atoms with Crippen LogP contribution in [0.15, 0.2) is 34.9 Å². The van der Waals surface area contributed by atoms with Gasteiger partial charge in [-0.25, -0.2) is 27.1 Å². The first kappa shape index (κ1) is 18.6. The van der Waals surface area contributed by atoms with Crippen molar-refractivity contribution in [3.63, 3.8) is 0 Å². The van der Waals surface area contributed by atoms with Gasteiger partial charge in [0.2, 0.25) is 10.0 Å². The highest BCUT2D eigenvalue weighted by atomic mass is 32.2. The Labute approximate surface area is 132 Å². The fourth-order valence-electron chi connectivity index (χ4n) is 1.49. The van der Waals surface area contributed by atoms with Gasteiger partial charge in [0.1, 0.15) is 16.4 Å². The highest BCUT2D eigenvalue weighted by Gasteiger charge is 2.19. The first-order chi connectivity index (χ1) is 10.7. The van der Waals surface area contributed by atoms with Crippen LogP contribution >= 0.6 is 0 Å². The number of benzene rings is 1. The number of carbonyl (C=O) groups excluding carboxylic acids is 2. The van der Waals surface area contributed by atoms with E-state index in [9.17, 15) is 22.4 Å². The molecule has 0 aliphatic rings. The summed E-state index contributed by atoms with van der Waals surface area (Å²) in [6.45, 7) is 0. The summed E-state index contributed by atoms with van der Waals surface area (Å²) in [6.07, 6.45) is 0.821. The van der Waals surface area contributed by atoms with Crippen molar-refractivity contribution in [2.45, 2.75) is 4.90 Å². The molecule has 2 N–H and O–H groups in total. The summed E-state index contributed by atoms with van der Waals surface area (Å²) in [6, 6.07) is 3.06. The standard InChI is InChI=1S/C13H15FN2O6S/c1-15-23(19,20)11-6-8(4-5-9(11)14)16-10(13(18)22-3)7-12(17)21-2/h4-7,15-16H,1-3H3/b10-7+. The molecule has 0 heterocycles. The molecule has 0 amide bonds. The van der Waals surface area contributed by atoms with Gasteiger partial charge in [0.25, 0.3) is 0 Å². The molecule has 8 nitrogen and oxygen atoms in total. The molecule has 1 aromatic rings. The summed E-state index contributed by atoms with van der Waals surface area (Å²) in [5, 5.41) is 2.49. The third-order valence-electron chi connectivity index (χ3n) is 2.64. The van der Waals surface area contributed by atoms with Gasteiger partial charge in [-0.1, -0.05) is 0 Å². The lowest BCUT2D eigenvalue weighted by molar-refractivity contribution is -0.138. The number of nitrogens with one attached hydrogen (secondary N) is 2. The van der Waals surface area contributed by atoms with E-state index in [1.807, 2.05) is 4.72 Å². The molecule has 0 aromatic heterocycles. The normalized spacial score (nSPS) is 11.7. The first-order valence-corrected chi connectivity index (χ1v) is 7.61. The van der Waals surface area contributed by atoms with E-state index in [0.717, 1.165) is 39.5 Å². The molecule has 0 spiro atoms. The second kappa shape index (κ2) is 7.70. The zero-order valence-electron chi connectivity index (χ0n) is 12.5. The summed E-state index contributed by atoms with van der Waals surface area (Å²) in [4.78, 5) is 22.2. The van der Waals surface area contributed by atoms with Crippen molar-refractivity contribution in [1.82, 2.24) is 4.72 Å². The SMILES string of the molecule is CNS(=O)(=O)c1cc(N/C(=C/C(=O)OC)C(=O)OC)ccc1F. The van der Waals surface area contributed by atoms with E-state index in [1.54, 1.807) is 0 Å². The van der Waals surface area contributed by atoms with Gasteiger partial charge in [-0.05, 0) is 25.2 Å². The maximum atomic E-state index is 13.7. The molecule has 1 aromatic carbocycles. The molecule has 1 rings (SSSR count). The Kier molecular flexibility index (Phi) is 6.22. The van der Waals surface area contributed by atoms with Gasteiger partial charge in [0, 0.05) is 5.69 Å². The van der Waals surface area contributed by atoms with Crippen LogP contribution in [0.5, 0.6) is 0 Å². The molecule has 23 heavy (non-hydrogen) atoms. The molecular weight excluding hydrogens is 331 g/mol. The van der Waals surface area contributed by atoms with Crippen molar-refractivity contribution in [2.24, 2.45) is 0 Å². The Balaban J connectivity index is 3.26. The van der Waals surface area contributed by atoms with E-state index >= 15 is 0 Å². The number of carbonyl (C=O) groups is 2. The highest BCUT2D eigenvalue weighted by Crippen LogP contribution is 2.20. The van der Waals surface area contributed by atoms with Gasteiger partial charge >= 0.3 is 11.9 Å². The third-order valence-corrected chi connectivity index (χ3v) is 4.07. The number of ether oxygens (including phenoxy) is 2. The molecule has 0 atom stereocenters. The minimum absolute atomic E-state index is 0.0563. The molecule has 0 saturated heterocycles. The van der Waals surface area contributed by atoms with Gasteiger partial charge in [0.15, 0.2) is 0 Å². The molecule has 0 unspecified atom stereocenters. The van der Waals surface area contributed by atoms with E-state index in [0.29, 0.717) is 0 Å². The van der Waals surface area contributed by atoms with Crippen molar-refractivity contribution in [1.29, 1.82) is 0 Å². The fourth-order valence-corrected chi connectivity index (χ4v) is 2.31. The van der Waals surface area contributed by atoms with Crippen LogP contribution in [0.4, 0.5) is 10.1 Å². The third kappa shape index (κ3) is 4.76. The first-order valence-electron chi connectivity index (χ1n) is 6.13. The van der Waals surface area contributed by atoms with Crippen LogP contribution in [0.1, 0.15) is 0 Å². The Morgan fingerprint density at radius 2 is 1.87 bits per heavy atom. The lowest BCUT2D eigenvalue weighted by Crippen LogP contribution is -2.20. The van der Waals surface area contributed by atoms with E-state index in [1.165, 1.54) is 6.07 Å². The summed E-state index contributed by atoms with van der Waals surface area (Å²) in [7, 11) is -0.694. The number of sulfonamides is 1. The van der Waals surface area contributed by atoms with Crippen molar-refractivity contribution >= 4 is 27.6 Å². The van der Waals surface area contributed by atoms with Crippen LogP contribution in [0.25, 0.3) is 0 Å². The van der Waals surface area contributed by atoms with Gasteiger partial charge in [-0.15, -0.1) is 0 Å². The van der Waals surface area contributed by atoms with Crippen LogP contribution in [0.3, 0.4) is 0 Å². The van der Waals surface area contributed by atoms with Crippen molar-refractivity contribution < 1.29 is 31.9 Å². The molecule has 126 valence electrons. The van der Waals surface area contributed by atoms with Crippen molar-refractivity contribution in [2.75, 3.05) is 26.6 Å². The Hall–Kier alpha value is -2.46. The van der Waals surface area contributed by atoms with Crippen LogP contribution < -0.4 is 10.0 Å². The lowest BCUT2D eigenvalue weighted by Gasteiger charge is -2.11. The number of anilines is 1. The number of rotatable bonds is 6. The predicted octanol–water partition coefficient (Wildman–Crippen LogP) is 0.376. The average molecular weight is 346 g/mol. The lowest BCUT2D eigenvalue weighted by atomic mass is 10.3. The van der Waals surface area contributed by atoms with Crippen molar-refractivity contribution in [3.05, 3.63) is 35.8 Å². The van der Waals surface area contributed by atoms with E-state index < -0.39 is 32.7 Å². The van der Waals surface area contributed by atoms with Gasteiger partial charge in [-0.3, -0.25) is 0 Å². The second-order valence-corrected chi connectivity index (χ2v) is 5.91. The summed E-state index contributed by atoms with van der Waals surface area (Å²) in [5.41, 5.74) is -0.250. The molecular formula is C13H15FN2O6S. The smallest absolute Gasteiger partial charge is 0.354 e.